The molecule has 1 heterocycles. The summed E-state index contributed by atoms with van der Waals surface area (Å²) in [5, 5.41) is 3.09. The van der Waals surface area contributed by atoms with E-state index in [9.17, 15) is 9.59 Å². The zero-order valence-corrected chi connectivity index (χ0v) is 15.8. The molecule has 1 saturated heterocycles. The number of nitrogens with zero attached hydrogens (tertiary/aromatic N) is 1. The summed E-state index contributed by atoms with van der Waals surface area (Å²) in [5.74, 6) is 0.850. The molecular weight excluding hydrogens is 316 g/mol. The topological polar surface area (TPSA) is 58.6 Å². The van der Waals surface area contributed by atoms with E-state index in [1.807, 2.05) is 36.1 Å². The SMILES string of the molecule is Cc1ccccc1OCC(=O)N1CCC(NC(=O)CC(C)(C)C)CC1. The van der Waals surface area contributed by atoms with Crippen molar-refractivity contribution in [3.8, 4) is 5.75 Å². The molecule has 0 aliphatic carbocycles. The molecule has 2 rings (SSSR count). The Morgan fingerprint density at radius 2 is 1.84 bits per heavy atom. The molecule has 0 unspecified atom stereocenters. The third-order valence-corrected chi connectivity index (χ3v) is 4.35. The van der Waals surface area contributed by atoms with Gasteiger partial charge in [-0.15, -0.1) is 0 Å². The number of benzene rings is 1. The van der Waals surface area contributed by atoms with Gasteiger partial charge in [-0.25, -0.2) is 0 Å². The van der Waals surface area contributed by atoms with Crippen molar-refractivity contribution in [1.29, 1.82) is 0 Å². The van der Waals surface area contributed by atoms with Crippen molar-refractivity contribution in [2.24, 2.45) is 5.41 Å². The lowest BCUT2D eigenvalue weighted by atomic mass is 9.91. The summed E-state index contributed by atoms with van der Waals surface area (Å²) in [6.45, 7) is 9.53. The first-order valence-corrected chi connectivity index (χ1v) is 9.00. The van der Waals surface area contributed by atoms with Crippen molar-refractivity contribution in [3.63, 3.8) is 0 Å². The van der Waals surface area contributed by atoms with E-state index in [0.717, 1.165) is 24.2 Å². The number of nitrogens with one attached hydrogen (secondary N) is 1. The number of hydrogen-bond donors (Lipinski definition) is 1. The van der Waals surface area contributed by atoms with Crippen LogP contribution in [-0.4, -0.2) is 42.5 Å². The fourth-order valence-electron chi connectivity index (χ4n) is 2.98. The van der Waals surface area contributed by atoms with Gasteiger partial charge in [-0.1, -0.05) is 39.0 Å². The first kappa shape index (κ1) is 19.3. The average Bonchev–Trinajstić information content (AvgIpc) is 2.52. The largest absolute Gasteiger partial charge is 0.484 e. The Kier molecular flexibility index (Phi) is 6.45. The molecule has 1 aliphatic rings. The van der Waals surface area contributed by atoms with E-state index in [1.54, 1.807) is 0 Å². The molecule has 2 amide bonds. The van der Waals surface area contributed by atoms with Gasteiger partial charge in [0.15, 0.2) is 6.61 Å². The van der Waals surface area contributed by atoms with Crippen molar-refractivity contribution in [3.05, 3.63) is 29.8 Å². The number of amides is 2. The molecule has 0 atom stereocenters. The number of aryl methyl sites for hydroxylation is 1. The minimum absolute atomic E-state index is 0.00252. The summed E-state index contributed by atoms with van der Waals surface area (Å²) >= 11 is 0. The van der Waals surface area contributed by atoms with Crippen LogP contribution in [0.1, 0.15) is 45.6 Å². The van der Waals surface area contributed by atoms with Crippen LogP contribution >= 0.6 is 0 Å². The van der Waals surface area contributed by atoms with Gasteiger partial charge in [0.2, 0.25) is 5.91 Å². The molecule has 1 aromatic rings. The van der Waals surface area contributed by atoms with Crippen molar-refractivity contribution in [2.45, 2.75) is 53.0 Å². The van der Waals surface area contributed by atoms with Crippen LogP contribution in [-0.2, 0) is 9.59 Å². The monoisotopic (exact) mass is 346 g/mol. The number of likely N-dealkylation sites (tertiary alicyclic amines) is 1. The second-order valence-electron chi connectivity index (χ2n) is 8.01. The average molecular weight is 346 g/mol. The lowest BCUT2D eigenvalue weighted by Crippen LogP contribution is -2.48. The predicted octanol–water partition coefficient (Wildman–Crippen LogP) is 2.92. The quantitative estimate of drug-likeness (QED) is 0.892. The third kappa shape index (κ3) is 6.40. The maximum absolute atomic E-state index is 12.3. The van der Waals surface area contributed by atoms with E-state index in [2.05, 4.69) is 26.1 Å². The molecule has 1 aliphatic heterocycles. The summed E-state index contributed by atoms with van der Waals surface area (Å²) in [7, 11) is 0. The number of carbonyl (C=O) groups is 2. The normalized spacial score (nSPS) is 15.8. The van der Waals surface area contributed by atoms with Gasteiger partial charge in [0.05, 0.1) is 0 Å². The first-order chi connectivity index (χ1) is 11.7. The van der Waals surface area contributed by atoms with E-state index >= 15 is 0 Å². The highest BCUT2D eigenvalue weighted by Crippen LogP contribution is 2.19. The van der Waals surface area contributed by atoms with Crippen LogP contribution in [0.3, 0.4) is 0 Å². The molecule has 0 aromatic heterocycles. The molecule has 0 spiro atoms. The minimum atomic E-state index is -0.00629. The highest BCUT2D eigenvalue weighted by Gasteiger charge is 2.25. The lowest BCUT2D eigenvalue weighted by Gasteiger charge is -2.33. The number of para-hydroxylation sites is 1. The zero-order valence-electron chi connectivity index (χ0n) is 15.8. The van der Waals surface area contributed by atoms with E-state index in [0.29, 0.717) is 19.5 Å². The molecule has 5 heteroatoms. The third-order valence-electron chi connectivity index (χ3n) is 4.35. The van der Waals surface area contributed by atoms with Gasteiger partial charge < -0.3 is 15.0 Å². The van der Waals surface area contributed by atoms with Gasteiger partial charge in [0.1, 0.15) is 5.75 Å². The van der Waals surface area contributed by atoms with Crippen molar-refractivity contribution < 1.29 is 14.3 Å². The number of piperidine rings is 1. The van der Waals surface area contributed by atoms with Crippen molar-refractivity contribution in [2.75, 3.05) is 19.7 Å². The highest BCUT2D eigenvalue weighted by molar-refractivity contribution is 5.78. The Morgan fingerprint density at radius 1 is 1.20 bits per heavy atom. The summed E-state index contributed by atoms with van der Waals surface area (Å²) < 4.78 is 5.64. The highest BCUT2D eigenvalue weighted by atomic mass is 16.5. The van der Waals surface area contributed by atoms with Crippen LogP contribution in [0.4, 0.5) is 0 Å². The maximum atomic E-state index is 12.3. The van der Waals surface area contributed by atoms with Crippen LogP contribution < -0.4 is 10.1 Å². The zero-order chi connectivity index (χ0) is 18.4. The van der Waals surface area contributed by atoms with Gasteiger partial charge in [-0.2, -0.15) is 0 Å². The van der Waals surface area contributed by atoms with Crippen LogP contribution in [0.25, 0.3) is 0 Å². The molecule has 1 fully saturated rings. The Labute approximate surface area is 150 Å². The number of hydrogen-bond acceptors (Lipinski definition) is 3. The Morgan fingerprint density at radius 3 is 2.44 bits per heavy atom. The number of ether oxygens (including phenoxy) is 1. The van der Waals surface area contributed by atoms with Crippen LogP contribution in [0.15, 0.2) is 24.3 Å². The fourth-order valence-corrected chi connectivity index (χ4v) is 2.98. The van der Waals surface area contributed by atoms with Crippen molar-refractivity contribution in [1.82, 2.24) is 10.2 Å². The molecule has 1 aromatic carbocycles. The minimum Gasteiger partial charge on any atom is -0.484 e. The second kappa shape index (κ2) is 8.37. The Balaban J connectivity index is 1.73. The molecule has 1 N–H and O–H groups in total. The standard InChI is InChI=1S/C20H30N2O3/c1-15-7-5-6-8-17(15)25-14-19(24)22-11-9-16(10-12-22)21-18(23)13-20(2,3)4/h5-8,16H,9-14H2,1-4H3,(H,21,23). The maximum Gasteiger partial charge on any atom is 0.260 e. The molecular formula is C20H30N2O3. The van der Waals surface area contributed by atoms with Crippen LogP contribution in [0, 0.1) is 12.3 Å². The van der Waals surface area contributed by atoms with Gasteiger partial charge in [0.25, 0.3) is 5.91 Å². The second-order valence-corrected chi connectivity index (χ2v) is 8.01. The van der Waals surface area contributed by atoms with Crippen LogP contribution in [0.2, 0.25) is 0 Å². The predicted molar refractivity (Wildman–Crippen MR) is 98.5 cm³/mol. The van der Waals surface area contributed by atoms with Crippen molar-refractivity contribution >= 4 is 11.8 Å². The van der Waals surface area contributed by atoms with E-state index in [-0.39, 0.29) is 29.9 Å². The summed E-state index contributed by atoms with van der Waals surface area (Å²) in [6.07, 6.45) is 2.12. The Hall–Kier alpha value is -2.04. The number of carbonyl (C=O) groups excluding carboxylic acids is 2. The fraction of sp³-hybridized carbons (Fsp3) is 0.600. The van der Waals surface area contributed by atoms with E-state index in [1.165, 1.54) is 0 Å². The lowest BCUT2D eigenvalue weighted by molar-refractivity contribution is -0.134. The summed E-state index contributed by atoms with van der Waals surface area (Å²) in [5.41, 5.74) is 1.02. The molecule has 0 radical (unpaired) electrons. The number of rotatable bonds is 5. The van der Waals surface area contributed by atoms with Gasteiger partial charge in [-0.3, -0.25) is 9.59 Å². The molecule has 25 heavy (non-hydrogen) atoms. The molecule has 5 nitrogen and oxygen atoms in total. The summed E-state index contributed by atoms with van der Waals surface area (Å²) in [4.78, 5) is 26.2. The Bertz CT molecular complexity index is 599. The van der Waals surface area contributed by atoms with Gasteiger partial charge >= 0.3 is 0 Å². The smallest absolute Gasteiger partial charge is 0.260 e. The van der Waals surface area contributed by atoms with Gasteiger partial charge in [-0.05, 0) is 36.8 Å². The van der Waals surface area contributed by atoms with Gasteiger partial charge in [0, 0.05) is 25.6 Å². The molecule has 0 saturated carbocycles. The molecule has 138 valence electrons. The van der Waals surface area contributed by atoms with Crippen LogP contribution in [0.5, 0.6) is 5.75 Å². The molecule has 0 bridgehead atoms. The van der Waals surface area contributed by atoms with E-state index < -0.39 is 0 Å². The summed E-state index contributed by atoms with van der Waals surface area (Å²) in [6, 6.07) is 7.85. The first-order valence-electron chi connectivity index (χ1n) is 9.00. The van der Waals surface area contributed by atoms with E-state index in [4.69, 9.17) is 4.74 Å².